The van der Waals surface area contributed by atoms with E-state index >= 15 is 0 Å². The molecule has 1 aromatic rings. The molecule has 20 heavy (non-hydrogen) atoms. The van der Waals surface area contributed by atoms with Gasteiger partial charge in [-0.2, -0.15) is 0 Å². The van der Waals surface area contributed by atoms with Crippen LogP contribution in [0, 0.1) is 11.8 Å². The van der Waals surface area contributed by atoms with E-state index in [2.05, 4.69) is 30.9 Å². The highest BCUT2D eigenvalue weighted by Gasteiger charge is 2.16. The summed E-state index contributed by atoms with van der Waals surface area (Å²) in [5.41, 5.74) is 5.46. The average Bonchev–Trinajstić information content (AvgIpc) is 2.89. The zero-order chi connectivity index (χ0) is 14.8. The van der Waals surface area contributed by atoms with Gasteiger partial charge in [-0.25, -0.2) is 0 Å². The first kappa shape index (κ1) is 17.2. The van der Waals surface area contributed by atoms with Crippen molar-refractivity contribution in [2.45, 2.75) is 64.3 Å². The fourth-order valence-corrected chi connectivity index (χ4v) is 2.74. The quantitative estimate of drug-likeness (QED) is 0.567. The van der Waals surface area contributed by atoms with E-state index in [4.69, 9.17) is 10.8 Å². The van der Waals surface area contributed by atoms with Crippen LogP contribution in [-0.2, 0) is 6.42 Å². The van der Waals surface area contributed by atoms with E-state index in [0.29, 0.717) is 0 Å². The van der Waals surface area contributed by atoms with Gasteiger partial charge in [0.15, 0.2) is 0 Å². The van der Waals surface area contributed by atoms with Crippen molar-refractivity contribution >= 4 is 11.3 Å². The second kappa shape index (κ2) is 9.18. The largest absolute Gasteiger partial charge is 0.394 e. The van der Waals surface area contributed by atoms with Crippen molar-refractivity contribution in [3.8, 4) is 11.8 Å². The molecule has 0 fully saturated rings. The third-order valence-electron chi connectivity index (χ3n) is 3.33. The molecule has 0 saturated heterocycles. The highest BCUT2D eigenvalue weighted by Crippen LogP contribution is 2.19. The molecule has 3 N–H and O–H groups in total. The maximum Gasteiger partial charge on any atom is 0.0771 e. The van der Waals surface area contributed by atoms with Gasteiger partial charge in [0.05, 0.1) is 11.5 Å². The Hall–Kier alpha value is -0.820. The molecule has 1 rings (SSSR count). The fourth-order valence-electron chi connectivity index (χ4n) is 1.86. The van der Waals surface area contributed by atoms with Gasteiger partial charge in [-0.1, -0.05) is 38.0 Å². The van der Waals surface area contributed by atoms with Gasteiger partial charge >= 0.3 is 0 Å². The monoisotopic (exact) mass is 293 g/mol. The third-order valence-corrected chi connectivity index (χ3v) is 4.39. The minimum atomic E-state index is -0.477. The zero-order valence-corrected chi connectivity index (χ0v) is 13.6. The van der Waals surface area contributed by atoms with Crippen molar-refractivity contribution in [3.05, 3.63) is 21.9 Å². The lowest BCUT2D eigenvalue weighted by Crippen LogP contribution is -2.40. The maximum absolute atomic E-state index is 9.14. The molecule has 1 aromatic heterocycles. The molecule has 0 aliphatic carbocycles. The van der Waals surface area contributed by atoms with Crippen molar-refractivity contribution < 1.29 is 5.11 Å². The van der Waals surface area contributed by atoms with E-state index in [1.54, 1.807) is 11.3 Å². The molecule has 0 aliphatic heterocycles. The highest BCUT2D eigenvalue weighted by molar-refractivity contribution is 7.12. The summed E-state index contributed by atoms with van der Waals surface area (Å²) < 4.78 is 0. The van der Waals surface area contributed by atoms with Crippen LogP contribution in [0.4, 0.5) is 0 Å². The minimum absolute atomic E-state index is 0.0306. The van der Waals surface area contributed by atoms with Crippen LogP contribution in [0.3, 0.4) is 0 Å². The lowest BCUT2D eigenvalue weighted by Gasteiger charge is -2.20. The summed E-state index contributed by atoms with van der Waals surface area (Å²) >= 11 is 1.74. The molecule has 0 bridgehead atoms. The number of hydrogen-bond donors (Lipinski definition) is 2. The molecule has 0 radical (unpaired) electrons. The Morgan fingerprint density at radius 2 is 2.10 bits per heavy atom. The Morgan fingerprint density at radius 3 is 2.80 bits per heavy atom. The molecule has 1 atom stereocenters. The first-order valence-electron chi connectivity index (χ1n) is 7.55. The van der Waals surface area contributed by atoms with Gasteiger partial charge in [-0.15, -0.1) is 11.3 Å². The lowest BCUT2D eigenvalue weighted by atomic mass is 9.98. The smallest absolute Gasteiger partial charge is 0.0771 e. The van der Waals surface area contributed by atoms with Gasteiger partial charge < -0.3 is 10.8 Å². The summed E-state index contributed by atoms with van der Waals surface area (Å²) in [4.78, 5) is 2.43. The van der Waals surface area contributed by atoms with Crippen molar-refractivity contribution in [2.75, 3.05) is 6.61 Å². The van der Waals surface area contributed by atoms with Crippen LogP contribution in [0.5, 0.6) is 0 Å². The van der Waals surface area contributed by atoms with Gasteiger partial charge in [0.2, 0.25) is 0 Å². The second-order valence-corrected chi connectivity index (χ2v) is 6.86. The molecule has 0 aliphatic rings. The molecule has 3 heteroatoms. The number of aliphatic hydroxyl groups excluding tert-OH is 1. The van der Waals surface area contributed by atoms with Gasteiger partial charge in [0.1, 0.15) is 0 Å². The number of nitrogens with two attached hydrogens (primary N) is 1. The number of unbranched alkanes of at least 4 members (excludes halogenated alkanes) is 4. The molecular formula is C17H27NOS. The molecule has 0 saturated carbocycles. The molecule has 0 amide bonds. The summed E-state index contributed by atoms with van der Waals surface area (Å²) in [6.45, 7) is 4.14. The van der Waals surface area contributed by atoms with Gasteiger partial charge in [0.25, 0.3) is 0 Å². The van der Waals surface area contributed by atoms with Crippen LogP contribution in [-0.4, -0.2) is 17.3 Å². The van der Waals surface area contributed by atoms with Crippen molar-refractivity contribution in [1.82, 2.24) is 0 Å². The molecular weight excluding hydrogens is 266 g/mol. The van der Waals surface area contributed by atoms with Gasteiger partial charge in [0, 0.05) is 16.8 Å². The summed E-state index contributed by atoms with van der Waals surface area (Å²) in [6.07, 6.45) is 7.80. The highest BCUT2D eigenvalue weighted by atomic mass is 32.1. The van der Waals surface area contributed by atoms with E-state index in [1.807, 2.05) is 6.92 Å². The Bertz CT molecular complexity index is 439. The molecule has 0 aromatic carbocycles. The summed E-state index contributed by atoms with van der Waals surface area (Å²) in [5.74, 6) is 6.49. The topological polar surface area (TPSA) is 46.2 Å². The standard InChI is InChI=1S/C17H27NOS/c1-3-4-5-6-7-8-9-15-10-11-16(20-15)12-13-17(2,18)14-19/h10-11,19H,3-7,12-14,18H2,1-2H3. The van der Waals surface area contributed by atoms with Crippen molar-refractivity contribution in [3.63, 3.8) is 0 Å². The van der Waals surface area contributed by atoms with Gasteiger partial charge in [-0.3, -0.25) is 0 Å². The zero-order valence-electron chi connectivity index (χ0n) is 12.7. The minimum Gasteiger partial charge on any atom is -0.394 e. The van der Waals surface area contributed by atoms with Crippen LogP contribution in [0.2, 0.25) is 0 Å². The van der Waals surface area contributed by atoms with Crippen LogP contribution < -0.4 is 5.73 Å². The predicted octanol–water partition coefficient (Wildman–Crippen LogP) is 3.71. The van der Waals surface area contributed by atoms with E-state index in [-0.39, 0.29) is 6.61 Å². The SMILES string of the molecule is CCCCCCC#Cc1ccc(CCC(C)(N)CO)s1. The van der Waals surface area contributed by atoms with Crippen LogP contribution in [0.1, 0.15) is 62.1 Å². The van der Waals surface area contributed by atoms with Crippen LogP contribution in [0.15, 0.2) is 12.1 Å². The van der Waals surface area contributed by atoms with Crippen molar-refractivity contribution in [2.24, 2.45) is 5.73 Å². The number of thiophene rings is 1. The van der Waals surface area contributed by atoms with Crippen molar-refractivity contribution in [1.29, 1.82) is 0 Å². The van der Waals surface area contributed by atoms with E-state index < -0.39 is 5.54 Å². The Labute approximate surface area is 127 Å². The molecule has 1 heterocycles. The molecule has 112 valence electrons. The van der Waals surface area contributed by atoms with Gasteiger partial charge in [-0.05, 0) is 38.3 Å². The molecule has 0 spiro atoms. The maximum atomic E-state index is 9.14. The fraction of sp³-hybridized carbons (Fsp3) is 0.647. The Kier molecular flexibility index (Phi) is 7.91. The number of aryl methyl sites for hydroxylation is 1. The normalized spacial score (nSPS) is 13.6. The number of hydrogen-bond acceptors (Lipinski definition) is 3. The summed E-state index contributed by atoms with van der Waals surface area (Å²) in [7, 11) is 0. The first-order valence-corrected chi connectivity index (χ1v) is 8.36. The van der Waals surface area contributed by atoms with E-state index in [1.165, 1.54) is 30.6 Å². The van der Waals surface area contributed by atoms with E-state index in [9.17, 15) is 0 Å². The number of rotatable bonds is 8. The lowest BCUT2D eigenvalue weighted by molar-refractivity contribution is 0.201. The Balaban J connectivity index is 2.34. The first-order chi connectivity index (χ1) is 9.57. The van der Waals surface area contributed by atoms with Crippen LogP contribution in [0.25, 0.3) is 0 Å². The van der Waals surface area contributed by atoms with E-state index in [0.717, 1.165) is 24.1 Å². The third kappa shape index (κ3) is 7.09. The average molecular weight is 293 g/mol. The molecule has 2 nitrogen and oxygen atoms in total. The van der Waals surface area contributed by atoms with Crippen LogP contribution >= 0.6 is 11.3 Å². The molecule has 1 unspecified atom stereocenters. The summed E-state index contributed by atoms with van der Waals surface area (Å²) in [5, 5.41) is 9.14. The predicted molar refractivity (Wildman–Crippen MR) is 88.0 cm³/mol. The summed E-state index contributed by atoms with van der Waals surface area (Å²) in [6, 6.07) is 4.21. The Morgan fingerprint density at radius 1 is 1.30 bits per heavy atom. The number of aliphatic hydroxyl groups is 1. The second-order valence-electron chi connectivity index (χ2n) is 5.69.